The monoisotopic (exact) mass is 399 g/mol. The van der Waals surface area contributed by atoms with Gasteiger partial charge in [-0.1, -0.05) is 19.1 Å². The van der Waals surface area contributed by atoms with Gasteiger partial charge in [-0.2, -0.15) is 0 Å². The molecule has 0 radical (unpaired) electrons. The summed E-state index contributed by atoms with van der Waals surface area (Å²) in [5.74, 6) is 1.11. The molecule has 3 rings (SSSR count). The molecule has 0 atom stereocenters. The molecule has 7 nitrogen and oxygen atoms in total. The number of hydrogen-bond donors (Lipinski definition) is 1. The third kappa shape index (κ3) is 4.29. The van der Waals surface area contributed by atoms with E-state index < -0.39 is 0 Å². The van der Waals surface area contributed by atoms with Gasteiger partial charge in [-0.05, 0) is 35.7 Å². The van der Waals surface area contributed by atoms with Crippen LogP contribution >= 0.6 is 0 Å². The van der Waals surface area contributed by atoms with E-state index in [0.717, 1.165) is 23.1 Å². The number of esters is 1. The Morgan fingerprint density at radius 2 is 1.79 bits per heavy atom. The van der Waals surface area contributed by atoms with Crippen molar-refractivity contribution in [3.8, 4) is 28.4 Å². The van der Waals surface area contributed by atoms with Gasteiger partial charge < -0.3 is 24.3 Å². The van der Waals surface area contributed by atoms with Crippen LogP contribution in [0.15, 0.2) is 30.3 Å². The molecule has 2 aromatic rings. The Labute approximate surface area is 169 Å². The van der Waals surface area contributed by atoms with E-state index in [9.17, 15) is 9.59 Å². The van der Waals surface area contributed by atoms with Crippen LogP contribution < -0.4 is 19.5 Å². The summed E-state index contributed by atoms with van der Waals surface area (Å²) in [6.07, 6.45) is 1.12. The molecule has 2 aromatic carbocycles. The fourth-order valence-corrected chi connectivity index (χ4v) is 3.34. The minimum absolute atomic E-state index is 0.0902. The van der Waals surface area contributed by atoms with Crippen LogP contribution in [-0.4, -0.2) is 39.3 Å². The molecule has 154 valence electrons. The van der Waals surface area contributed by atoms with Crippen LogP contribution in [0.1, 0.15) is 35.7 Å². The standard InChI is InChI=1S/C22H25NO6/c1-4-6-19(24)28-11-12-29-20-15(9-10-18(26-2)21(20)27-3)14-7-5-8-16-17(14)13-23-22(16)25/h5,7-10H,4,6,11-13H2,1-3H3,(H,23,25). The molecule has 1 amide bonds. The molecule has 1 heterocycles. The molecular weight excluding hydrogens is 374 g/mol. The minimum atomic E-state index is -0.251. The number of benzene rings is 2. The predicted octanol–water partition coefficient (Wildman–Crippen LogP) is 3.34. The lowest BCUT2D eigenvalue weighted by molar-refractivity contribution is -0.144. The van der Waals surface area contributed by atoms with Gasteiger partial charge in [-0.3, -0.25) is 9.59 Å². The number of nitrogens with one attached hydrogen (secondary N) is 1. The molecule has 1 aliphatic rings. The number of fused-ring (bicyclic) bond motifs is 1. The Bertz CT molecular complexity index is 908. The van der Waals surface area contributed by atoms with Crippen LogP contribution in [0.3, 0.4) is 0 Å². The molecule has 7 heteroatoms. The van der Waals surface area contributed by atoms with E-state index in [2.05, 4.69) is 5.32 Å². The van der Waals surface area contributed by atoms with E-state index >= 15 is 0 Å². The van der Waals surface area contributed by atoms with Crippen LogP contribution in [0.5, 0.6) is 17.2 Å². The lowest BCUT2D eigenvalue weighted by Crippen LogP contribution is -2.12. The molecule has 1 aliphatic heterocycles. The van der Waals surface area contributed by atoms with Crippen molar-refractivity contribution in [2.24, 2.45) is 0 Å². The lowest BCUT2D eigenvalue weighted by Gasteiger charge is -2.19. The van der Waals surface area contributed by atoms with Crippen molar-refractivity contribution in [2.45, 2.75) is 26.3 Å². The van der Waals surface area contributed by atoms with Crippen molar-refractivity contribution < 1.29 is 28.5 Å². The highest BCUT2D eigenvalue weighted by Gasteiger charge is 2.25. The second-order valence-electron chi connectivity index (χ2n) is 6.51. The summed E-state index contributed by atoms with van der Waals surface area (Å²) in [4.78, 5) is 23.6. The topological polar surface area (TPSA) is 83.1 Å². The second-order valence-corrected chi connectivity index (χ2v) is 6.51. The lowest BCUT2D eigenvalue weighted by atomic mass is 9.95. The Morgan fingerprint density at radius 3 is 2.52 bits per heavy atom. The first kappa shape index (κ1) is 20.5. The van der Waals surface area contributed by atoms with Crippen LogP contribution in [-0.2, 0) is 16.1 Å². The van der Waals surface area contributed by atoms with Crippen molar-refractivity contribution in [1.82, 2.24) is 5.32 Å². The second kappa shape index (κ2) is 9.32. The van der Waals surface area contributed by atoms with E-state index in [-0.39, 0.29) is 25.1 Å². The van der Waals surface area contributed by atoms with Crippen LogP contribution in [0, 0.1) is 0 Å². The van der Waals surface area contributed by atoms with Crippen LogP contribution in [0.2, 0.25) is 0 Å². The van der Waals surface area contributed by atoms with Gasteiger partial charge in [0, 0.05) is 24.1 Å². The van der Waals surface area contributed by atoms with E-state index in [4.69, 9.17) is 18.9 Å². The quantitative estimate of drug-likeness (QED) is 0.514. The number of ether oxygens (including phenoxy) is 4. The van der Waals surface area contributed by atoms with Crippen molar-refractivity contribution in [3.63, 3.8) is 0 Å². The van der Waals surface area contributed by atoms with Crippen molar-refractivity contribution >= 4 is 11.9 Å². The summed E-state index contributed by atoms with van der Waals surface area (Å²) in [7, 11) is 3.09. The summed E-state index contributed by atoms with van der Waals surface area (Å²) in [5, 5.41) is 2.85. The largest absolute Gasteiger partial charge is 0.493 e. The number of carbonyl (C=O) groups is 2. The number of amides is 1. The maximum absolute atomic E-state index is 12.0. The molecule has 0 saturated carbocycles. The molecule has 0 fully saturated rings. The smallest absolute Gasteiger partial charge is 0.305 e. The highest BCUT2D eigenvalue weighted by Crippen LogP contribution is 2.46. The van der Waals surface area contributed by atoms with Gasteiger partial charge in [0.25, 0.3) is 5.91 Å². The Morgan fingerprint density at radius 1 is 1.00 bits per heavy atom. The number of methoxy groups -OCH3 is 2. The number of hydrogen-bond acceptors (Lipinski definition) is 6. The molecule has 1 N–H and O–H groups in total. The van der Waals surface area contributed by atoms with Gasteiger partial charge in [-0.25, -0.2) is 0 Å². The summed E-state index contributed by atoms with van der Waals surface area (Å²) in [6.45, 7) is 2.67. The molecular formula is C22H25NO6. The third-order valence-electron chi connectivity index (χ3n) is 4.68. The summed E-state index contributed by atoms with van der Waals surface area (Å²) < 4.78 is 22.1. The van der Waals surface area contributed by atoms with Gasteiger partial charge in [0.05, 0.1) is 14.2 Å². The van der Waals surface area contributed by atoms with Gasteiger partial charge in [0.15, 0.2) is 11.5 Å². The van der Waals surface area contributed by atoms with Crippen LogP contribution in [0.4, 0.5) is 0 Å². The van der Waals surface area contributed by atoms with Gasteiger partial charge in [0.2, 0.25) is 5.75 Å². The normalized spacial score (nSPS) is 12.2. The maximum Gasteiger partial charge on any atom is 0.305 e. The molecule has 0 unspecified atom stereocenters. The maximum atomic E-state index is 12.0. The summed E-state index contributed by atoms with van der Waals surface area (Å²) in [5.41, 5.74) is 3.20. The molecule has 0 aromatic heterocycles. The van der Waals surface area contributed by atoms with E-state index in [1.165, 1.54) is 7.11 Å². The average molecular weight is 399 g/mol. The first-order valence-corrected chi connectivity index (χ1v) is 9.54. The van der Waals surface area contributed by atoms with Gasteiger partial charge in [0.1, 0.15) is 13.2 Å². The zero-order valence-corrected chi connectivity index (χ0v) is 16.9. The summed E-state index contributed by atoms with van der Waals surface area (Å²) in [6, 6.07) is 9.25. The van der Waals surface area contributed by atoms with Crippen molar-refractivity contribution in [3.05, 3.63) is 41.5 Å². The zero-order chi connectivity index (χ0) is 20.8. The molecule has 0 bridgehead atoms. The SMILES string of the molecule is CCCC(=O)OCCOc1c(-c2cccc3c2CNC3=O)ccc(OC)c1OC. The molecule has 0 aliphatic carbocycles. The van der Waals surface area contributed by atoms with E-state index in [1.54, 1.807) is 19.2 Å². The van der Waals surface area contributed by atoms with Crippen molar-refractivity contribution in [2.75, 3.05) is 27.4 Å². The van der Waals surface area contributed by atoms with Gasteiger partial charge in [-0.15, -0.1) is 0 Å². The average Bonchev–Trinajstić information content (AvgIpc) is 3.12. The van der Waals surface area contributed by atoms with Gasteiger partial charge >= 0.3 is 5.97 Å². The van der Waals surface area contributed by atoms with E-state index in [1.807, 2.05) is 25.1 Å². The summed E-state index contributed by atoms with van der Waals surface area (Å²) >= 11 is 0. The Hall–Kier alpha value is -3.22. The van der Waals surface area contributed by atoms with Crippen molar-refractivity contribution in [1.29, 1.82) is 0 Å². The Kier molecular flexibility index (Phi) is 6.59. The zero-order valence-electron chi connectivity index (χ0n) is 16.9. The fourth-order valence-electron chi connectivity index (χ4n) is 3.34. The first-order valence-electron chi connectivity index (χ1n) is 9.54. The first-order chi connectivity index (χ1) is 14.1. The van der Waals surface area contributed by atoms with Crippen LogP contribution in [0.25, 0.3) is 11.1 Å². The molecule has 29 heavy (non-hydrogen) atoms. The number of rotatable bonds is 9. The highest BCUT2D eigenvalue weighted by atomic mass is 16.6. The Balaban J connectivity index is 1.94. The molecule has 0 spiro atoms. The van der Waals surface area contributed by atoms with E-state index in [0.29, 0.717) is 35.8 Å². The molecule has 0 saturated heterocycles. The number of carbonyl (C=O) groups excluding carboxylic acids is 2. The third-order valence-corrected chi connectivity index (χ3v) is 4.68. The highest BCUT2D eigenvalue weighted by molar-refractivity contribution is 6.01. The predicted molar refractivity (Wildman–Crippen MR) is 108 cm³/mol. The fraction of sp³-hybridized carbons (Fsp3) is 0.364. The minimum Gasteiger partial charge on any atom is -0.493 e.